The van der Waals surface area contributed by atoms with Crippen LogP contribution in [0, 0.1) is 0 Å². The maximum absolute atomic E-state index is 13.1. The molecule has 0 bridgehead atoms. The quantitative estimate of drug-likeness (QED) is 0.0478. The van der Waals surface area contributed by atoms with Crippen LogP contribution in [0.4, 0.5) is 0 Å². The molecule has 0 saturated heterocycles. The monoisotopic (exact) mass is 836 g/mol. The molecule has 0 atom stereocenters. The number of rotatable bonds is 19. The fourth-order valence-corrected chi connectivity index (χ4v) is 6.05. The summed E-state index contributed by atoms with van der Waals surface area (Å²) in [6, 6.07) is 34.0. The van der Waals surface area contributed by atoms with Crippen molar-refractivity contribution in [3.63, 3.8) is 0 Å². The Morgan fingerprint density at radius 2 is 0.881 bits per heavy atom. The molecule has 306 valence electrons. The SMILES string of the molecule is CC(C)(Oc1ccc(CCNC(=O)c2ccc(Cl)cc2)cc1)C(=O)CCC(=O)c1ccc(OC(=O)C(C)(C)Oc2ccc(CCNC(=O)c3ccc(Cl)cc3)cc2)cc1. The minimum absolute atomic E-state index is 0.0247. The molecule has 0 aliphatic heterocycles. The third-order valence-electron chi connectivity index (χ3n) is 9.33. The molecule has 5 aromatic rings. The van der Waals surface area contributed by atoms with Crippen LogP contribution in [0.5, 0.6) is 17.2 Å². The van der Waals surface area contributed by atoms with Crippen molar-refractivity contribution in [2.45, 2.75) is 64.6 Å². The maximum Gasteiger partial charge on any atom is 0.355 e. The Morgan fingerprint density at radius 3 is 1.32 bits per heavy atom. The Labute approximate surface area is 354 Å². The normalized spacial score (nSPS) is 11.3. The highest BCUT2D eigenvalue weighted by Crippen LogP contribution is 2.25. The Balaban J connectivity index is 1.02. The molecular weight excluding hydrogens is 791 g/mol. The number of halogens is 2. The Kier molecular flexibility index (Phi) is 15.1. The van der Waals surface area contributed by atoms with Crippen molar-refractivity contribution in [3.8, 4) is 17.2 Å². The first-order valence-electron chi connectivity index (χ1n) is 19.1. The number of ether oxygens (including phenoxy) is 3. The average Bonchev–Trinajstić information content (AvgIpc) is 3.21. The highest BCUT2D eigenvalue weighted by atomic mass is 35.5. The summed E-state index contributed by atoms with van der Waals surface area (Å²) in [5, 5.41) is 6.89. The van der Waals surface area contributed by atoms with E-state index in [1.807, 2.05) is 24.3 Å². The van der Waals surface area contributed by atoms with E-state index in [-0.39, 0.29) is 42.0 Å². The lowest BCUT2D eigenvalue weighted by Gasteiger charge is -2.25. The summed E-state index contributed by atoms with van der Waals surface area (Å²) in [6.45, 7) is 7.40. The average molecular weight is 838 g/mol. The zero-order valence-corrected chi connectivity index (χ0v) is 34.8. The topological polar surface area (TPSA) is 137 Å². The molecule has 0 heterocycles. The molecule has 5 rings (SSSR count). The van der Waals surface area contributed by atoms with E-state index in [0.717, 1.165) is 11.1 Å². The zero-order chi connectivity index (χ0) is 42.6. The standard InChI is InChI=1S/C47H46Cl2N2O8/c1-46(2,58-39-19-5-31(6-20-39)27-29-50-43(54)34-9-15-36(48)16-10-34)42(53)26-25-41(52)33-13-23-38(24-14-33)57-45(56)47(3,4)59-40-21-7-32(8-22-40)28-30-51-44(55)35-11-17-37(49)18-12-35/h5-24H,25-30H2,1-4H3,(H,50,54)(H,51,55). The van der Waals surface area contributed by atoms with Crippen LogP contribution in [0.3, 0.4) is 0 Å². The van der Waals surface area contributed by atoms with Crippen LogP contribution >= 0.6 is 23.2 Å². The molecular formula is C47H46Cl2N2O8. The third-order valence-corrected chi connectivity index (χ3v) is 9.84. The van der Waals surface area contributed by atoms with Crippen molar-refractivity contribution in [2.24, 2.45) is 0 Å². The van der Waals surface area contributed by atoms with Crippen molar-refractivity contribution in [3.05, 3.63) is 159 Å². The minimum Gasteiger partial charge on any atom is -0.480 e. The lowest BCUT2D eigenvalue weighted by molar-refractivity contribution is -0.149. The molecule has 0 unspecified atom stereocenters. The van der Waals surface area contributed by atoms with Gasteiger partial charge in [-0.1, -0.05) is 47.5 Å². The van der Waals surface area contributed by atoms with Crippen LogP contribution in [0.15, 0.2) is 121 Å². The van der Waals surface area contributed by atoms with Gasteiger partial charge in [-0.15, -0.1) is 0 Å². The van der Waals surface area contributed by atoms with Crippen molar-refractivity contribution >= 4 is 52.6 Å². The molecule has 2 N–H and O–H groups in total. The summed E-state index contributed by atoms with van der Waals surface area (Å²) in [6.07, 6.45) is 1.15. The second-order valence-corrected chi connectivity index (χ2v) is 15.7. The van der Waals surface area contributed by atoms with E-state index in [9.17, 15) is 24.0 Å². The Bertz CT molecular complexity index is 2240. The number of amides is 2. The highest BCUT2D eigenvalue weighted by molar-refractivity contribution is 6.31. The minimum atomic E-state index is -1.34. The summed E-state index contributed by atoms with van der Waals surface area (Å²) >= 11 is 11.8. The molecule has 0 saturated carbocycles. The van der Waals surface area contributed by atoms with Crippen LogP contribution in [0.25, 0.3) is 0 Å². The van der Waals surface area contributed by atoms with E-state index in [1.54, 1.807) is 113 Å². The van der Waals surface area contributed by atoms with E-state index >= 15 is 0 Å². The van der Waals surface area contributed by atoms with Gasteiger partial charge in [0, 0.05) is 52.7 Å². The summed E-state index contributed by atoms with van der Waals surface area (Å²) in [4.78, 5) is 63.9. The number of carbonyl (C=O) groups is 5. The van der Waals surface area contributed by atoms with Crippen molar-refractivity contribution < 1.29 is 38.2 Å². The molecule has 2 amide bonds. The molecule has 59 heavy (non-hydrogen) atoms. The molecule has 0 spiro atoms. The number of hydrogen-bond donors (Lipinski definition) is 2. The van der Waals surface area contributed by atoms with Crippen LogP contribution in [-0.2, 0) is 22.4 Å². The summed E-state index contributed by atoms with van der Waals surface area (Å²) < 4.78 is 17.5. The zero-order valence-electron chi connectivity index (χ0n) is 33.3. The van der Waals surface area contributed by atoms with Gasteiger partial charge in [-0.25, -0.2) is 4.79 Å². The van der Waals surface area contributed by atoms with Gasteiger partial charge in [0.2, 0.25) is 5.60 Å². The van der Waals surface area contributed by atoms with Gasteiger partial charge in [-0.2, -0.15) is 0 Å². The number of Topliss-reactive ketones (excluding diaryl/α,β-unsaturated/α-hetero) is 2. The van der Waals surface area contributed by atoms with Gasteiger partial charge >= 0.3 is 5.97 Å². The van der Waals surface area contributed by atoms with Gasteiger partial charge in [0.05, 0.1) is 0 Å². The number of esters is 1. The van der Waals surface area contributed by atoms with E-state index in [2.05, 4.69) is 10.6 Å². The van der Waals surface area contributed by atoms with Crippen LogP contribution in [-0.4, -0.2) is 53.6 Å². The fraction of sp³-hybridized carbons (Fsp3) is 0.255. The molecule has 0 radical (unpaired) electrons. The predicted octanol–water partition coefficient (Wildman–Crippen LogP) is 9.09. The number of carbonyl (C=O) groups excluding carboxylic acids is 5. The molecule has 5 aromatic carbocycles. The maximum atomic E-state index is 13.1. The summed E-state index contributed by atoms with van der Waals surface area (Å²) in [5.41, 5.74) is 0.872. The van der Waals surface area contributed by atoms with Crippen LogP contribution in [0.2, 0.25) is 10.0 Å². The van der Waals surface area contributed by atoms with Gasteiger partial charge in [-0.05, 0) is 149 Å². The molecule has 0 aliphatic carbocycles. The van der Waals surface area contributed by atoms with Crippen LogP contribution < -0.4 is 24.8 Å². The van der Waals surface area contributed by atoms with Gasteiger partial charge in [0.15, 0.2) is 17.2 Å². The smallest absolute Gasteiger partial charge is 0.355 e. The second kappa shape index (κ2) is 20.1. The van der Waals surface area contributed by atoms with Gasteiger partial charge < -0.3 is 24.8 Å². The molecule has 12 heteroatoms. The Morgan fingerprint density at radius 1 is 0.492 bits per heavy atom. The second-order valence-electron chi connectivity index (χ2n) is 14.8. The van der Waals surface area contributed by atoms with E-state index in [1.165, 1.54) is 12.1 Å². The number of hydrogen-bond acceptors (Lipinski definition) is 8. The predicted molar refractivity (Wildman–Crippen MR) is 228 cm³/mol. The number of benzene rings is 5. The van der Waals surface area contributed by atoms with E-state index < -0.39 is 17.2 Å². The van der Waals surface area contributed by atoms with Gasteiger partial charge in [0.1, 0.15) is 17.2 Å². The number of nitrogens with one attached hydrogen (secondary N) is 2. The summed E-state index contributed by atoms with van der Waals surface area (Å²) in [5.74, 6) is -0.270. The van der Waals surface area contributed by atoms with Crippen LogP contribution in [0.1, 0.15) is 82.7 Å². The first-order chi connectivity index (χ1) is 28.1. The first-order valence-corrected chi connectivity index (χ1v) is 19.9. The van der Waals surface area contributed by atoms with E-state index in [4.69, 9.17) is 37.4 Å². The molecule has 0 aromatic heterocycles. The lowest BCUT2D eigenvalue weighted by atomic mass is 9.96. The number of ketones is 2. The van der Waals surface area contributed by atoms with Crippen molar-refractivity contribution in [1.82, 2.24) is 10.6 Å². The molecule has 0 fully saturated rings. The van der Waals surface area contributed by atoms with E-state index in [0.29, 0.717) is 64.2 Å². The Hall–Kier alpha value is -5.97. The van der Waals surface area contributed by atoms with Crippen molar-refractivity contribution in [1.29, 1.82) is 0 Å². The molecule has 10 nitrogen and oxygen atoms in total. The van der Waals surface area contributed by atoms with Gasteiger partial charge in [0.25, 0.3) is 11.8 Å². The summed E-state index contributed by atoms with van der Waals surface area (Å²) in [7, 11) is 0. The molecule has 0 aliphatic rings. The van der Waals surface area contributed by atoms with Crippen molar-refractivity contribution in [2.75, 3.05) is 13.1 Å². The highest BCUT2D eigenvalue weighted by Gasteiger charge is 2.33. The largest absolute Gasteiger partial charge is 0.480 e. The first kappa shape index (κ1) is 44.1. The lowest BCUT2D eigenvalue weighted by Crippen LogP contribution is -2.41. The van der Waals surface area contributed by atoms with Gasteiger partial charge in [-0.3, -0.25) is 19.2 Å². The fourth-order valence-electron chi connectivity index (χ4n) is 5.79. The third kappa shape index (κ3) is 13.3.